The van der Waals surface area contributed by atoms with Crippen LogP contribution in [0, 0.1) is 0 Å². The van der Waals surface area contributed by atoms with Crippen molar-refractivity contribution < 1.29 is 4.79 Å². The van der Waals surface area contributed by atoms with Gasteiger partial charge in [-0.2, -0.15) is 0 Å². The molecule has 0 saturated heterocycles. The third-order valence-corrected chi connectivity index (χ3v) is 1.81. The molecule has 0 spiro atoms. The Kier molecular flexibility index (Phi) is 5.35. The van der Waals surface area contributed by atoms with Crippen LogP contribution in [0.2, 0.25) is 0 Å². The van der Waals surface area contributed by atoms with Gasteiger partial charge in [0.05, 0.1) is 12.2 Å². The first-order chi connectivity index (χ1) is 7.29. The van der Waals surface area contributed by atoms with E-state index in [4.69, 9.17) is 5.73 Å². The Hall–Kier alpha value is -1.46. The number of rotatable bonds is 7. The van der Waals surface area contributed by atoms with E-state index in [0.29, 0.717) is 0 Å². The second-order valence-corrected chi connectivity index (χ2v) is 3.14. The number of carbonyl (C=O) groups excluding carboxylic acids is 1. The lowest BCUT2D eigenvalue weighted by atomic mass is 10.3. The van der Waals surface area contributed by atoms with E-state index in [9.17, 15) is 4.79 Å². The quantitative estimate of drug-likeness (QED) is 0.515. The number of nitrogens with two attached hydrogens (primary N) is 1. The maximum Gasteiger partial charge on any atom is 0.231 e. The molecule has 1 heterocycles. The molecule has 82 valence electrons. The Morgan fingerprint density at radius 1 is 1.33 bits per heavy atom. The molecule has 0 atom stereocenters. The summed E-state index contributed by atoms with van der Waals surface area (Å²) in [5.41, 5.74) is 5.97. The number of amides is 1. The number of hydrogen-bond donors (Lipinski definition) is 3. The topological polar surface area (TPSA) is 80.0 Å². The van der Waals surface area contributed by atoms with Gasteiger partial charge in [0.15, 0.2) is 0 Å². The van der Waals surface area contributed by atoms with Crippen LogP contribution in [-0.2, 0) is 11.3 Å². The highest BCUT2D eigenvalue weighted by atomic mass is 16.1. The van der Waals surface area contributed by atoms with Crippen molar-refractivity contribution in [2.75, 3.05) is 19.6 Å². The summed E-state index contributed by atoms with van der Waals surface area (Å²) in [6.45, 7) is 2.46. The lowest BCUT2D eigenvalue weighted by Crippen LogP contribution is -2.33. The summed E-state index contributed by atoms with van der Waals surface area (Å²) in [4.78, 5) is 14.6. The van der Waals surface area contributed by atoms with Gasteiger partial charge in [-0.25, -0.2) is 0 Å². The van der Waals surface area contributed by atoms with E-state index in [2.05, 4.69) is 15.6 Å². The summed E-state index contributed by atoms with van der Waals surface area (Å²) < 4.78 is 0. The van der Waals surface area contributed by atoms with Crippen LogP contribution in [0.5, 0.6) is 0 Å². The number of pyridine rings is 1. The largest absolute Gasteiger partial charge is 0.369 e. The maximum atomic E-state index is 10.4. The second kappa shape index (κ2) is 6.92. The molecule has 1 rings (SSSR count). The normalized spacial score (nSPS) is 10.1. The van der Waals surface area contributed by atoms with E-state index in [-0.39, 0.29) is 12.5 Å². The molecule has 0 aliphatic heterocycles. The van der Waals surface area contributed by atoms with Gasteiger partial charge in [0.2, 0.25) is 5.91 Å². The van der Waals surface area contributed by atoms with Crippen LogP contribution in [0.15, 0.2) is 24.4 Å². The predicted molar refractivity (Wildman–Crippen MR) is 58.0 cm³/mol. The first kappa shape index (κ1) is 11.6. The molecule has 0 bridgehead atoms. The van der Waals surface area contributed by atoms with Gasteiger partial charge in [-0.15, -0.1) is 0 Å². The van der Waals surface area contributed by atoms with Crippen molar-refractivity contribution in [3.8, 4) is 0 Å². The molecule has 0 unspecified atom stereocenters. The highest BCUT2D eigenvalue weighted by molar-refractivity contribution is 5.75. The summed E-state index contributed by atoms with van der Waals surface area (Å²) in [6.07, 6.45) is 1.77. The molecule has 0 aliphatic carbocycles. The SMILES string of the molecule is NC(=O)CNCCNCc1ccccn1. The van der Waals surface area contributed by atoms with Gasteiger partial charge in [0, 0.05) is 25.8 Å². The van der Waals surface area contributed by atoms with Gasteiger partial charge >= 0.3 is 0 Å². The zero-order valence-corrected chi connectivity index (χ0v) is 8.57. The maximum absolute atomic E-state index is 10.4. The van der Waals surface area contributed by atoms with E-state index in [1.807, 2.05) is 18.2 Å². The summed E-state index contributed by atoms with van der Waals surface area (Å²) in [7, 11) is 0. The Bertz CT molecular complexity index is 289. The van der Waals surface area contributed by atoms with Gasteiger partial charge in [-0.05, 0) is 12.1 Å². The molecule has 1 aromatic heterocycles. The minimum absolute atomic E-state index is 0.227. The highest BCUT2D eigenvalue weighted by Gasteiger charge is 1.93. The molecule has 0 saturated carbocycles. The van der Waals surface area contributed by atoms with Gasteiger partial charge in [0.25, 0.3) is 0 Å². The summed E-state index contributed by atoms with van der Waals surface area (Å²) in [5, 5.41) is 6.11. The Morgan fingerprint density at radius 3 is 2.80 bits per heavy atom. The van der Waals surface area contributed by atoms with Crippen LogP contribution in [0.1, 0.15) is 5.69 Å². The molecule has 0 aromatic carbocycles. The molecule has 4 N–H and O–H groups in total. The summed E-state index contributed by atoms with van der Waals surface area (Å²) in [5.74, 6) is -0.334. The monoisotopic (exact) mass is 208 g/mol. The number of nitrogens with zero attached hydrogens (tertiary/aromatic N) is 1. The van der Waals surface area contributed by atoms with Crippen molar-refractivity contribution in [3.05, 3.63) is 30.1 Å². The van der Waals surface area contributed by atoms with Crippen LogP contribution in [0.4, 0.5) is 0 Å². The fourth-order valence-corrected chi connectivity index (χ4v) is 1.11. The van der Waals surface area contributed by atoms with Gasteiger partial charge in [-0.1, -0.05) is 6.07 Å². The molecule has 1 aromatic rings. The predicted octanol–water partition coefficient (Wildman–Crippen LogP) is -0.754. The summed E-state index contributed by atoms with van der Waals surface area (Å²) in [6, 6.07) is 5.80. The van der Waals surface area contributed by atoms with E-state index >= 15 is 0 Å². The fourth-order valence-electron chi connectivity index (χ4n) is 1.11. The second-order valence-electron chi connectivity index (χ2n) is 3.14. The molecule has 5 nitrogen and oxygen atoms in total. The number of nitrogens with one attached hydrogen (secondary N) is 2. The number of hydrogen-bond acceptors (Lipinski definition) is 4. The average molecular weight is 208 g/mol. The zero-order chi connectivity index (χ0) is 10.9. The van der Waals surface area contributed by atoms with Gasteiger partial charge < -0.3 is 16.4 Å². The van der Waals surface area contributed by atoms with E-state index in [1.54, 1.807) is 6.20 Å². The fraction of sp³-hybridized carbons (Fsp3) is 0.400. The van der Waals surface area contributed by atoms with Crippen molar-refractivity contribution in [2.45, 2.75) is 6.54 Å². The van der Waals surface area contributed by atoms with Crippen molar-refractivity contribution >= 4 is 5.91 Å². The van der Waals surface area contributed by atoms with Crippen molar-refractivity contribution in [1.82, 2.24) is 15.6 Å². The number of carbonyl (C=O) groups is 1. The molecule has 5 heteroatoms. The Labute approximate surface area is 89.1 Å². The molecule has 1 amide bonds. The average Bonchev–Trinajstić information content (AvgIpc) is 2.24. The molecule has 15 heavy (non-hydrogen) atoms. The van der Waals surface area contributed by atoms with Crippen LogP contribution in [0.25, 0.3) is 0 Å². The third-order valence-electron chi connectivity index (χ3n) is 1.81. The number of aromatic nitrogens is 1. The molecule has 0 aliphatic rings. The van der Waals surface area contributed by atoms with Gasteiger partial charge in [-0.3, -0.25) is 9.78 Å². The smallest absolute Gasteiger partial charge is 0.231 e. The van der Waals surface area contributed by atoms with Crippen LogP contribution in [-0.4, -0.2) is 30.5 Å². The Balaban J connectivity index is 2.00. The molecule has 0 fully saturated rings. The van der Waals surface area contributed by atoms with E-state index in [0.717, 1.165) is 25.3 Å². The summed E-state index contributed by atoms with van der Waals surface area (Å²) >= 11 is 0. The minimum Gasteiger partial charge on any atom is -0.369 e. The lowest BCUT2D eigenvalue weighted by molar-refractivity contribution is -0.117. The first-order valence-corrected chi connectivity index (χ1v) is 4.88. The molecular weight excluding hydrogens is 192 g/mol. The zero-order valence-electron chi connectivity index (χ0n) is 8.57. The molecular formula is C10H16N4O. The van der Waals surface area contributed by atoms with E-state index < -0.39 is 0 Å². The highest BCUT2D eigenvalue weighted by Crippen LogP contribution is 1.90. The standard InChI is InChI=1S/C10H16N4O/c11-10(15)8-13-6-5-12-7-9-3-1-2-4-14-9/h1-4,12-13H,5-8H2,(H2,11,15). The van der Waals surface area contributed by atoms with Crippen LogP contribution >= 0.6 is 0 Å². The van der Waals surface area contributed by atoms with Gasteiger partial charge in [0.1, 0.15) is 0 Å². The Morgan fingerprint density at radius 2 is 2.13 bits per heavy atom. The van der Waals surface area contributed by atoms with Crippen molar-refractivity contribution in [1.29, 1.82) is 0 Å². The number of primary amides is 1. The molecule has 0 radical (unpaired) electrons. The van der Waals surface area contributed by atoms with Crippen molar-refractivity contribution in [2.24, 2.45) is 5.73 Å². The third kappa shape index (κ3) is 5.77. The van der Waals surface area contributed by atoms with Crippen molar-refractivity contribution in [3.63, 3.8) is 0 Å². The van der Waals surface area contributed by atoms with Crippen LogP contribution < -0.4 is 16.4 Å². The van der Waals surface area contributed by atoms with Crippen LogP contribution in [0.3, 0.4) is 0 Å². The lowest BCUT2D eigenvalue weighted by Gasteiger charge is -2.04. The van der Waals surface area contributed by atoms with E-state index in [1.165, 1.54) is 0 Å². The minimum atomic E-state index is -0.334. The first-order valence-electron chi connectivity index (χ1n) is 4.88.